The minimum Gasteiger partial charge on any atom is -0.479 e. The zero-order chi connectivity index (χ0) is 14.5. The van der Waals surface area contributed by atoms with Crippen LogP contribution < -0.4 is 5.32 Å². The van der Waals surface area contributed by atoms with Crippen molar-refractivity contribution in [1.82, 2.24) is 5.32 Å². The smallest absolute Gasteiger partial charge is 0.332 e. The van der Waals surface area contributed by atoms with E-state index in [1.807, 2.05) is 0 Å². The molecule has 1 amide bonds. The standard InChI is InChI=1S/C14H16FNO4/c15-10-3-1-9(2-4-10)7-8-16-13(17)11-5-6-12(20-11)14(18)19/h1-4,11-12H,5-8H2,(H,16,17)(H,18,19)/t11-,12+/m0/s1. The molecule has 1 saturated heterocycles. The number of carbonyl (C=O) groups is 2. The molecule has 1 aliphatic heterocycles. The van der Waals surface area contributed by atoms with Gasteiger partial charge >= 0.3 is 5.97 Å². The summed E-state index contributed by atoms with van der Waals surface area (Å²) in [6.07, 6.45) is -0.224. The molecule has 2 atom stereocenters. The first-order valence-corrected chi connectivity index (χ1v) is 6.46. The van der Waals surface area contributed by atoms with Crippen molar-refractivity contribution in [3.63, 3.8) is 0 Å². The zero-order valence-corrected chi connectivity index (χ0v) is 10.8. The Morgan fingerprint density at radius 2 is 1.90 bits per heavy atom. The first kappa shape index (κ1) is 14.5. The highest BCUT2D eigenvalue weighted by molar-refractivity contribution is 5.82. The topological polar surface area (TPSA) is 75.6 Å². The lowest BCUT2D eigenvalue weighted by Crippen LogP contribution is -2.36. The highest BCUT2D eigenvalue weighted by atomic mass is 19.1. The van der Waals surface area contributed by atoms with Crippen LogP contribution in [0.1, 0.15) is 18.4 Å². The largest absolute Gasteiger partial charge is 0.479 e. The number of aliphatic carboxylic acids is 1. The van der Waals surface area contributed by atoms with Gasteiger partial charge in [0.15, 0.2) is 6.10 Å². The second kappa shape index (κ2) is 6.47. The van der Waals surface area contributed by atoms with Gasteiger partial charge in [-0.15, -0.1) is 0 Å². The van der Waals surface area contributed by atoms with Gasteiger partial charge in [0, 0.05) is 6.54 Å². The Balaban J connectivity index is 1.73. The molecule has 1 aromatic carbocycles. The number of halogens is 1. The Hall–Kier alpha value is -1.95. The third kappa shape index (κ3) is 3.77. The molecule has 6 heteroatoms. The summed E-state index contributed by atoms with van der Waals surface area (Å²) in [6.45, 7) is 0.405. The third-order valence-corrected chi connectivity index (χ3v) is 3.21. The fraction of sp³-hybridized carbons (Fsp3) is 0.429. The molecule has 1 fully saturated rings. The van der Waals surface area contributed by atoms with Crippen LogP contribution in [-0.4, -0.2) is 35.7 Å². The molecule has 2 N–H and O–H groups in total. The van der Waals surface area contributed by atoms with Gasteiger partial charge in [-0.2, -0.15) is 0 Å². The molecule has 0 radical (unpaired) electrons. The Kier molecular flexibility index (Phi) is 4.68. The van der Waals surface area contributed by atoms with E-state index in [4.69, 9.17) is 9.84 Å². The van der Waals surface area contributed by atoms with E-state index in [0.717, 1.165) is 5.56 Å². The summed E-state index contributed by atoms with van der Waals surface area (Å²) in [5, 5.41) is 11.5. The molecule has 0 aromatic heterocycles. The van der Waals surface area contributed by atoms with E-state index in [9.17, 15) is 14.0 Å². The SMILES string of the molecule is O=C(NCCc1ccc(F)cc1)[C@@H]1CC[C@H](C(=O)O)O1. The van der Waals surface area contributed by atoms with Crippen molar-refractivity contribution in [2.75, 3.05) is 6.54 Å². The number of carboxylic acid groups (broad SMARTS) is 1. The van der Waals surface area contributed by atoms with Crippen LogP contribution in [0.2, 0.25) is 0 Å². The van der Waals surface area contributed by atoms with Crippen molar-refractivity contribution in [3.05, 3.63) is 35.6 Å². The number of benzene rings is 1. The van der Waals surface area contributed by atoms with Gasteiger partial charge in [0.25, 0.3) is 0 Å². The van der Waals surface area contributed by atoms with Crippen LogP contribution in [0.25, 0.3) is 0 Å². The van der Waals surface area contributed by atoms with Crippen LogP contribution in [0, 0.1) is 5.82 Å². The third-order valence-electron chi connectivity index (χ3n) is 3.21. The van der Waals surface area contributed by atoms with E-state index in [-0.39, 0.29) is 11.7 Å². The Labute approximate surface area is 115 Å². The Morgan fingerprint density at radius 1 is 1.25 bits per heavy atom. The van der Waals surface area contributed by atoms with Gasteiger partial charge < -0.3 is 15.2 Å². The minimum atomic E-state index is -1.04. The molecule has 1 aliphatic rings. The zero-order valence-electron chi connectivity index (χ0n) is 10.8. The normalized spacial score (nSPS) is 21.6. The van der Waals surface area contributed by atoms with Gasteiger partial charge in [0.05, 0.1) is 0 Å². The summed E-state index contributed by atoms with van der Waals surface area (Å²) >= 11 is 0. The van der Waals surface area contributed by atoms with Crippen molar-refractivity contribution in [2.24, 2.45) is 0 Å². The number of amides is 1. The average molecular weight is 281 g/mol. The van der Waals surface area contributed by atoms with Crippen molar-refractivity contribution >= 4 is 11.9 Å². The van der Waals surface area contributed by atoms with Gasteiger partial charge in [-0.1, -0.05) is 12.1 Å². The van der Waals surface area contributed by atoms with Crippen molar-refractivity contribution in [3.8, 4) is 0 Å². The maximum absolute atomic E-state index is 12.7. The summed E-state index contributed by atoms with van der Waals surface area (Å²) in [7, 11) is 0. The number of carboxylic acids is 1. The summed E-state index contributed by atoms with van der Waals surface area (Å²) < 4.78 is 17.9. The van der Waals surface area contributed by atoms with Crippen LogP contribution in [-0.2, 0) is 20.7 Å². The molecule has 0 saturated carbocycles. The summed E-state index contributed by atoms with van der Waals surface area (Å²) in [4.78, 5) is 22.5. The van der Waals surface area contributed by atoms with Gasteiger partial charge in [-0.25, -0.2) is 9.18 Å². The number of rotatable bonds is 5. The lowest BCUT2D eigenvalue weighted by molar-refractivity contribution is -0.151. The molecule has 1 heterocycles. The van der Waals surface area contributed by atoms with E-state index < -0.39 is 18.2 Å². The van der Waals surface area contributed by atoms with Crippen LogP contribution >= 0.6 is 0 Å². The lowest BCUT2D eigenvalue weighted by atomic mass is 10.1. The predicted octanol–water partition coefficient (Wildman–Crippen LogP) is 1.12. The highest BCUT2D eigenvalue weighted by Crippen LogP contribution is 2.19. The maximum atomic E-state index is 12.7. The Bertz CT molecular complexity index is 488. The molecule has 0 spiro atoms. The number of hydrogen-bond acceptors (Lipinski definition) is 3. The molecule has 108 valence electrons. The van der Waals surface area contributed by atoms with Gasteiger partial charge in [0.2, 0.25) is 5.91 Å². The number of hydrogen-bond donors (Lipinski definition) is 2. The molecule has 0 unspecified atom stereocenters. The van der Waals surface area contributed by atoms with Crippen molar-refractivity contribution < 1.29 is 23.8 Å². The first-order valence-electron chi connectivity index (χ1n) is 6.46. The molecular weight excluding hydrogens is 265 g/mol. The fourth-order valence-corrected chi connectivity index (χ4v) is 2.11. The quantitative estimate of drug-likeness (QED) is 0.848. The van der Waals surface area contributed by atoms with Crippen molar-refractivity contribution in [1.29, 1.82) is 0 Å². The van der Waals surface area contributed by atoms with E-state index >= 15 is 0 Å². The molecule has 5 nitrogen and oxygen atoms in total. The summed E-state index contributed by atoms with van der Waals surface area (Å²) in [5.41, 5.74) is 0.919. The van der Waals surface area contributed by atoms with E-state index in [1.165, 1.54) is 12.1 Å². The Morgan fingerprint density at radius 3 is 2.50 bits per heavy atom. The predicted molar refractivity (Wildman–Crippen MR) is 68.6 cm³/mol. The summed E-state index contributed by atoms with van der Waals surface area (Å²) in [5.74, 6) is -1.63. The highest BCUT2D eigenvalue weighted by Gasteiger charge is 2.34. The van der Waals surface area contributed by atoms with Crippen LogP contribution in [0.5, 0.6) is 0 Å². The molecular formula is C14H16FNO4. The molecule has 0 bridgehead atoms. The fourth-order valence-electron chi connectivity index (χ4n) is 2.11. The second-order valence-electron chi connectivity index (χ2n) is 4.70. The average Bonchev–Trinajstić information content (AvgIpc) is 2.91. The van der Waals surface area contributed by atoms with Gasteiger partial charge in [0.1, 0.15) is 11.9 Å². The molecule has 0 aliphatic carbocycles. The van der Waals surface area contributed by atoms with E-state index in [1.54, 1.807) is 12.1 Å². The number of ether oxygens (including phenoxy) is 1. The van der Waals surface area contributed by atoms with Gasteiger partial charge in [-0.3, -0.25) is 4.79 Å². The minimum absolute atomic E-state index is 0.295. The van der Waals surface area contributed by atoms with Crippen LogP contribution in [0.3, 0.4) is 0 Å². The van der Waals surface area contributed by atoms with E-state index in [2.05, 4.69) is 5.32 Å². The lowest BCUT2D eigenvalue weighted by Gasteiger charge is -2.11. The number of nitrogens with one attached hydrogen (secondary N) is 1. The summed E-state index contributed by atoms with van der Waals surface area (Å²) in [6, 6.07) is 6.06. The first-order chi connectivity index (χ1) is 9.56. The molecule has 1 aromatic rings. The van der Waals surface area contributed by atoms with Crippen LogP contribution in [0.4, 0.5) is 4.39 Å². The second-order valence-corrected chi connectivity index (χ2v) is 4.70. The maximum Gasteiger partial charge on any atom is 0.332 e. The molecule has 2 rings (SSSR count). The number of carbonyl (C=O) groups excluding carboxylic acids is 1. The van der Waals surface area contributed by atoms with E-state index in [0.29, 0.717) is 25.8 Å². The molecule has 20 heavy (non-hydrogen) atoms. The van der Waals surface area contributed by atoms with Crippen molar-refractivity contribution in [2.45, 2.75) is 31.5 Å². The van der Waals surface area contributed by atoms with Crippen LogP contribution in [0.15, 0.2) is 24.3 Å². The van der Waals surface area contributed by atoms with Gasteiger partial charge in [-0.05, 0) is 37.0 Å². The monoisotopic (exact) mass is 281 g/mol.